The SMILES string of the molecule is N#CC(=CNCc1ccccc1)C(=O)O. The summed E-state index contributed by atoms with van der Waals surface area (Å²) in [6.45, 7) is 0.499. The first-order valence-corrected chi connectivity index (χ1v) is 4.35. The number of hydrogen-bond acceptors (Lipinski definition) is 3. The fourth-order valence-electron chi connectivity index (χ4n) is 1.01. The smallest absolute Gasteiger partial charge is 0.347 e. The van der Waals surface area contributed by atoms with Crippen molar-refractivity contribution >= 4 is 5.97 Å². The molecule has 0 aliphatic heterocycles. The third-order valence-electron chi connectivity index (χ3n) is 1.75. The van der Waals surface area contributed by atoms with Crippen molar-refractivity contribution in [3.63, 3.8) is 0 Å². The number of nitrogens with zero attached hydrogens (tertiary/aromatic N) is 1. The summed E-state index contributed by atoms with van der Waals surface area (Å²) in [7, 11) is 0. The van der Waals surface area contributed by atoms with E-state index in [1.807, 2.05) is 30.3 Å². The standard InChI is InChI=1S/C11H10N2O2/c12-6-10(11(14)15)8-13-7-9-4-2-1-3-5-9/h1-5,8,13H,7H2,(H,14,15). The zero-order valence-corrected chi connectivity index (χ0v) is 7.97. The van der Waals surface area contributed by atoms with Crippen LogP contribution < -0.4 is 5.32 Å². The number of rotatable bonds is 4. The minimum Gasteiger partial charge on any atom is -0.477 e. The van der Waals surface area contributed by atoms with E-state index < -0.39 is 5.97 Å². The number of hydrogen-bond donors (Lipinski definition) is 2. The lowest BCUT2D eigenvalue weighted by atomic mass is 10.2. The van der Waals surface area contributed by atoms with Gasteiger partial charge < -0.3 is 10.4 Å². The number of nitriles is 1. The van der Waals surface area contributed by atoms with Gasteiger partial charge in [-0.15, -0.1) is 0 Å². The van der Waals surface area contributed by atoms with Gasteiger partial charge in [0.25, 0.3) is 0 Å². The number of benzene rings is 1. The van der Waals surface area contributed by atoms with E-state index in [-0.39, 0.29) is 5.57 Å². The van der Waals surface area contributed by atoms with E-state index >= 15 is 0 Å². The molecule has 0 bridgehead atoms. The van der Waals surface area contributed by atoms with Crippen molar-refractivity contribution in [3.05, 3.63) is 47.7 Å². The molecular formula is C11H10N2O2. The average Bonchev–Trinajstić information content (AvgIpc) is 2.25. The Morgan fingerprint density at radius 3 is 2.67 bits per heavy atom. The monoisotopic (exact) mass is 202 g/mol. The summed E-state index contributed by atoms with van der Waals surface area (Å²) in [5.74, 6) is -1.22. The third-order valence-corrected chi connectivity index (χ3v) is 1.75. The number of carbonyl (C=O) groups is 1. The highest BCUT2D eigenvalue weighted by Crippen LogP contribution is 1.97. The molecule has 0 amide bonds. The maximum Gasteiger partial charge on any atom is 0.347 e. The molecule has 4 heteroatoms. The Hall–Kier alpha value is -2.28. The molecule has 0 aliphatic carbocycles. The Kier molecular flexibility index (Phi) is 3.92. The second-order valence-corrected chi connectivity index (χ2v) is 2.84. The van der Waals surface area contributed by atoms with E-state index in [1.54, 1.807) is 6.07 Å². The number of carboxylic acids is 1. The van der Waals surface area contributed by atoms with Crippen molar-refractivity contribution in [3.8, 4) is 6.07 Å². The number of nitrogens with one attached hydrogen (secondary N) is 1. The van der Waals surface area contributed by atoms with Crippen molar-refractivity contribution in [2.24, 2.45) is 0 Å². The van der Waals surface area contributed by atoms with E-state index in [1.165, 1.54) is 6.20 Å². The summed E-state index contributed by atoms with van der Waals surface area (Å²) < 4.78 is 0. The lowest BCUT2D eigenvalue weighted by Crippen LogP contribution is -2.09. The summed E-state index contributed by atoms with van der Waals surface area (Å²) in [6, 6.07) is 11.1. The van der Waals surface area contributed by atoms with Crippen LogP contribution in [0.15, 0.2) is 42.1 Å². The first-order valence-electron chi connectivity index (χ1n) is 4.35. The van der Waals surface area contributed by atoms with Gasteiger partial charge in [0.2, 0.25) is 0 Å². The summed E-state index contributed by atoms with van der Waals surface area (Å²) in [4.78, 5) is 10.4. The van der Waals surface area contributed by atoms with Gasteiger partial charge in [0.05, 0.1) is 0 Å². The van der Waals surface area contributed by atoms with Crippen LogP contribution in [0.2, 0.25) is 0 Å². The quantitative estimate of drug-likeness (QED) is 0.569. The van der Waals surface area contributed by atoms with Crippen molar-refractivity contribution in [1.29, 1.82) is 5.26 Å². The van der Waals surface area contributed by atoms with Gasteiger partial charge in [0.15, 0.2) is 5.57 Å². The Balaban J connectivity index is 2.52. The van der Waals surface area contributed by atoms with Crippen LogP contribution in [0.5, 0.6) is 0 Å². The van der Waals surface area contributed by atoms with Crippen molar-refractivity contribution in [1.82, 2.24) is 5.32 Å². The lowest BCUT2D eigenvalue weighted by molar-refractivity contribution is -0.132. The zero-order chi connectivity index (χ0) is 11.1. The maximum atomic E-state index is 10.4. The van der Waals surface area contributed by atoms with E-state index in [0.29, 0.717) is 6.54 Å². The molecule has 1 rings (SSSR count). The van der Waals surface area contributed by atoms with Crippen LogP contribution in [0.1, 0.15) is 5.56 Å². The third kappa shape index (κ3) is 3.53. The molecule has 0 spiro atoms. The minimum atomic E-state index is -1.22. The molecule has 0 saturated carbocycles. The summed E-state index contributed by atoms with van der Waals surface area (Å²) in [6.07, 6.45) is 1.20. The predicted molar refractivity (Wildman–Crippen MR) is 54.6 cm³/mol. The summed E-state index contributed by atoms with van der Waals surface area (Å²) in [5, 5.41) is 19.8. The minimum absolute atomic E-state index is 0.300. The Morgan fingerprint density at radius 2 is 2.13 bits per heavy atom. The fraction of sp³-hybridized carbons (Fsp3) is 0.0909. The Morgan fingerprint density at radius 1 is 1.47 bits per heavy atom. The van der Waals surface area contributed by atoms with Crippen LogP contribution in [-0.4, -0.2) is 11.1 Å². The van der Waals surface area contributed by atoms with Crippen molar-refractivity contribution in [2.45, 2.75) is 6.54 Å². The molecule has 0 heterocycles. The molecule has 2 N–H and O–H groups in total. The van der Waals surface area contributed by atoms with E-state index in [4.69, 9.17) is 10.4 Å². The van der Waals surface area contributed by atoms with Crippen molar-refractivity contribution in [2.75, 3.05) is 0 Å². The molecule has 0 aliphatic rings. The predicted octanol–water partition coefficient (Wildman–Crippen LogP) is 1.27. The summed E-state index contributed by atoms with van der Waals surface area (Å²) in [5.41, 5.74) is 0.724. The van der Waals surface area contributed by atoms with Crippen LogP contribution in [0, 0.1) is 11.3 Å². The zero-order valence-electron chi connectivity index (χ0n) is 7.97. The molecule has 1 aromatic carbocycles. The lowest BCUT2D eigenvalue weighted by Gasteiger charge is -2.00. The van der Waals surface area contributed by atoms with Gasteiger partial charge in [-0.2, -0.15) is 5.26 Å². The number of aliphatic carboxylic acids is 1. The highest BCUT2D eigenvalue weighted by Gasteiger charge is 2.03. The van der Waals surface area contributed by atoms with Crippen LogP contribution in [-0.2, 0) is 11.3 Å². The largest absolute Gasteiger partial charge is 0.477 e. The fourth-order valence-corrected chi connectivity index (χ4v) is 1.01. The van der Waals surface area contributed by atoms with Crippen LogP contribution in [0.4, 0.5) is 0 Å². The van der Waals surface area contributed by atoms with Gasteiger partial charge in [-0.3, -0.25) is 0 Å². The summed E-state index contributed by atoms with van der Waals surface area (Å²) >= 11 is 0. The van der Waals surface area contributed by atoms with Gasteiger partial charge in [-0.05, 0) is 5.56 Å². The van der Waals surface area contributed by atoms with E-state index in [9.17, 15) is 4.79 Å². The van der Waals surface area contributed by atoms with Crippen LogP contribution in [0.3, 0.4) is 0 Å². The van der Waals surface area contributed by atoms with Gasteiger partial charge in [-0.25, -0.2) is 4.79 Å². The molecule has 0 atom stereocenters. The molecule has 0 aromatic heterocycles. The Bertz CT molecular complexity index is 404. The first kappa shape index (κ1) is 10.8. The van der Waals surface area contributed by atoms with E-state index in [2.05, 4.69) is 5.32 Å². The molecule has 4 nitrogen and oxygen atoms in total. The van der Waals surface area contributed by atoms with Gasteiger partial charge in [0.1, 0.15) is 6.07 Å². The molecule has 0 unspecified atom stereocenters. The van der Waals surface area contributed by atoms with Gasteiger partial charge >= 0.3 is 5.97 Å². The van der Waals surface area contributed by atoms with Gasteiger partial charge in [0, 0.05) is 12.7 Å². The highest BCUT2D eigenvalue weighted by atomic mass is 16.4. The maximum absolute atomic E-state index is 10.4. The van der Waals surface area contributed by atoms with E-state index in [0.717, 1.165) is 5.56 Å². The molecule has 15 heavy (non-hydrogen) atoms. The van der Waals surface area contributed by atoms with Crippen LogP contribution >= 0.6 is 0 Å². The number of carboxylic acid groups (broad SMARTS) is 1. The molecule has 0 saturated heterocycles. The topological polar surface area (TPSA) is 73.1 Å². The molecular weight excluding hydrogens is 192 g/mol. The highest BCUT2D eigenvalue weighted by molar-refractivity contribution is 5.90. The first-order chi connectivity index (χ1) is 7.24. The van der Waals surface area contributed by atoms with Crippen molar-refractivity contribution < 1.29 is 9.90 Å². The van der Waals surface area contributed by atoms with Crippen LogP contribution in [0.25, 0.3) is 0 Å². The molecule has 0 fully saturated rings. The second-order valence-electron chi connectivity index (χ2n) is 2.84. The second kappa shape index (κ2) is 5.45. The normalized spacial score (nSPS) is 10.5. The molecule has 0 radical (unpaired) electrons. The molecule has 1 aromatic rings. The van der Waals surface area contributed by atoms with Gasteiger partial charge in [-0.1, -0.05) is 30.3 Å². The average molecular weight is 202 g/mol. The molecule has 76 valence electrons. The Labute approximate surface area is 87.5 Å².